The van der Waals surface area contributed by atoms with E-state index in [1.807, 2.05) is 0 Å². The maximum absolute atomic E-state index is 6.04. The molecule has 0 amide bonds. The van der Waals surface area contributed by atoms with E-state index in [4.69, 9.17) is 4.74 Å². The molecule has 0 bridgehead atoms. The third kappa shape index (κ3) is 4.47. The lowest BCUT2D eigenvalue weighted by Crippen LogP contribution is -2.25. The van der Waals surface area contributed by atoms with Crippen LogP contribution in [0, 0.1) is 5.92 Å². The van der Waals surface area contributed by atoms with Crippen molar-refractivity contribution in [3.8, 4) is 5.75 Å². The Morgan fingerprint density at radius 1 is 1.24 bits per heavy atom. The number of ether oxygens (including phenoxy) is 1. The first-order valence-corrected chi connectivity index (χ1v) is 8.77. The van der Waals surface area contributed by atoms with Gasteiger partial charge in [0, 0.05) is 6.04 Å². The van der Waals surface area contributed by atoms with E-state index in [9.17, 15) is 0 Å². The van der Waals surface area contributed by atoms with Gasteiger partial charge in [0.15, 0.2) is 0 Å². The minimum atomic E-state index is 0.519. The summed E-state index contributed by atoms with van der Waals surface area (Å²) in [6.45, 7) is 8.66. The van der Waals surface area contributed by atoms with Crippen molar-refractivity contribution in [2.75, 3.05) is 13.2 Å². The summed E-state index contributed by atoms with van der Waals surface area (Å²) in [5.41, 5.74) is 2.97. The van der Waals surface area contributed by atoms with E-state index >= 15 is 0 Å². The van der Waals surface area contributed by atoms with E-state index in [1.54, 1.807) is 0 Å². The van der Waals surface area contributed by atoms with Gasteiger partial charge in [-0.15, -0.1) is 0 Å². The largest absolute Gasteiger partial charge is 0.493 e. The molecular formula is C19H31NO. The van der Waals surface area contributed by atoms with E-state index < -0.39 is 0 Å². The molecule has 0 aromatic heterocycles. The molecule has 0 saturated carbocycles. The molecule has 0 radical (unpaired) electrons. The number of hydrogen-bond donors (Lipinski definition) is 1. The Morgan fingerprint density at radius 3 is 2.76 bits per heavy atom. The standard InChI is InChI=1S/C19H31NO/c1-4-12-20-19-9-7-8-16-10-11-17(13-18(16)19)21-14-15(5-2)6-3/h10-11,13,15,19-20H,4-9,12,14H2,1-3H3. The van der Waals surface area contributed by atoms with Gasteiger partial charge in [-0.2, -0.15) is 0 Å². The van der Waals surface area contributed by atoms with E-state index in [0.717, 1.165) is 18.9 Å². The molecule has 0 fully saturated rings. The number of fused-ring (bicyclic) bond motifs is 1. The highest BCUT2D eigenvalue weighted by molar-refractivity contribution is 5.39. The van der Waals surface area contributed by atoms with Crippen LogP contribution < -0.4 is 10.1 Å². The van der Waals surface area contributed by atoms with Crippen LogP contribution in [-0.2, 0) is 6.42 Å². The van der Waals surface area contributed by atoms with Gasteiger partial charge >= 0.3 is 0 Å². The molecule has 0 spiro atoms. The molecule has 1 N–H and O–H groups in total. The average Bonchev–Trinajstić information content (AvgIpc) is 2.53. The molecule has 118 valence electrons. The van der Waals surface area contributed by atoms with E-state index in [2.05, 4.69) is 44.3 Å². The molecule has 2 rings (SSSR count). The van der Waals surface area contributed by atoms with Crippen molar-refractivity contribution in [1.29, 1.82) is 0 Å². The lowest BCUT2D eigenvalue weighted by molar-refractivity contribution is 0.240. The minimum absolute atomic E-state index is 0.519. The van der Waals surface area contributed by atoms with E-state index in [1.165, 1.54) is 49.7 Å². The SMILES string of the molecule is CCCNC1CCCc2ccc(OCC(CC)CC)cc21. The summed E-state index contributed by atoms with van der Waals surface area (Å²) in [7, 11) is 0. The van der Waals surface area contributed by atoms with Gasteiger partial charge in [0.1, 0.15) is 5.75 Å². The van der Waals surface area contributed by atoms with Crippen LogP contribution in [0.5, 0.6) is 5.75 Å². The molecule has 1 aliphatic carbocycles. The number of hydrogen-bond acceptors (Lipinski definition) is 2. The highest BCUT2D eigenvalue weighted by Gasteiger charge is 2.20. The van der Waals surface area contributed by atoms with E-state index in [0.29, 0.717) is 12.0 Å². The molecule has 1 aromatic rings. The van der Waals surface area contributed by atoms with Crippen LogP contribution in [0.1, 0.15) is 70.0 Å². The molecule has 1 atom stereocenters. The van der Waals surface area contributed by atoms with Crippen LogP contribution in [-0.4, -0.2) is 13.2 Å². The maximum Gasteiger partial charge on any atom is 0.119 e. The second-order valence-electron chi connectivity index (χ2n) is 6.25. The van der Waals surface area contributed by atoms with Gasteiger partial charge in [-0.3, -0.25) is 0 Å². The van der Waals surface area contributed by atoms with Crippen LogP contribution in [0.4, 0.5) is 0 Å². The second kappa shape index (κ2) is 8.43. The molecule has 1 aromatic carbocycles. The molecule has 0 aliphatic heterocycles. The number of benzene rings is 1. The minimum Gasteiger partial charge on any atom is -0.493 e. The zero-order valence-electron chi connectivity index (χ0n) is 14.0. The topological polar surface area (TPSA) is 21.3 Å². The highest BCUT2D eigenvalue weighted by atomic mass is 16.5. The summed E-state index contributed by atoms with van der Waals surface area (Å²) in [6.07, 6.45) is 7.35. The summed E-state index contributed by atoms with van der Waals surface area (Å²) in [6, 6.07) is 7.23. The Morgan fingerprint density at radius 2 is 2.05 bits per heavy atom. The molecule has 1 aliphatic rings. The van der Waals surface area contributed by atoms with Gasteiger partial charge < -0.3 is 10.1 Å². The van der Waals surface area contributed by atoms with Crippen LogP contribution >= 0.6 is 0 Å². The van der Waals surface area contributed by atoms with Crippen molar-refractivity contribution in [3.05, 3.63) is 29.3 Å². The number of aryl methyl sites for hydroxylation is 1. The molecule has 0 heterocycles. The third-order valence-electron chi connectivity index (χ3n) is 4.71. The summed E-state index contributed by atoms with van der Waals surface area (Å²) in [5.74, 6) is 1.72. The van der Waals surface area contributed by atoms with Gasteiger partial charge in [-0.25, -0.2) is 0 Å². The Labute approximate surface area is 130 Å². The summed E-state index contributed by atoms with van der Waals surface area (Å²) in [4.78, 5) is 0. The van der Waals surface area contributed by atoms with E-state index in [-0.39, 0.29) is 0 Å². The molecular weight excluding hydrogens is 258 g/mol. The van der Waals surface area contributed by atoms with Gasteiger partial charge in [-0.1, -0.05) is 39.7 Å². The first-order valence-electron chi connectivity index (χ1n) is 8.77. The predicted octanol–water partition coefficient (Wildman–Crippen LogP) is 4.88. The van der Waals surface area contributed by atoms with Crippen molar-refractivity contribution in [2.24, 2.45) is 5.92 Å². The van der Waals surface area contributed by atoms with Crippen LogP contribution in [0.3, 0.4) is 0 Å². The Bertz CT molecular complexity index is 426. The molecule has 2 nitrogen and oxygen atoms in total. The zero-order valence-corrected chi connectivity index (χ0v) is 14.0. The maximum atomic E-state index is 6.04. The van der Waals surface area contributed by atoms with Crippen molar-refractivity contribution < 1.29 is 4.74 Å². The lowest BCUT2D eigenvalue weighted by atomic mass is 9.87. The fourth-order valence-electron chi connectivity index (χ4n) is 3.14. The van der Waals surface area contributed by atoms with Crippen LogP contribution in [0.2, 0.25) is 0 Å². The molecule has 1 unspecified atom stereocenters. The quantitative estimate of drug-likeness (QED) is 0.736. The lowest BCUT2D eigenvalue weighted by Gasteiger charge is -2.27. The van der Waals surface area contributed by atoms with Crippen LogP contribution in [0.25, 0.3) is 0 Å². The highest BCUT2D eigenvalue weighted by Crippen LogP contribution is 2.32. The second-order valence-corrected chi connectivity index (χ2v) is 6.25. The fraction of sp³-hybridized carbons (Fsp3) is 0.684. The first-order chi connectivity index (χ1) is 10.3. The molecule has 0 saturated heterocycles. The number of nitrogens with one attached hydrogen (secondary N) is 1. The molecule has 2 heteroatoms. The monoisotopic (exact) mass is 289 g/mol. The van der Waals surface area contributed by atoms with Gasteiger partial charge in [-0.05, 0) is 61.4 Å². The smallest absolute Gasteiger partial charge is 0.119 e. The Hall–Kier alpha value is -1.02. The summed E-state index contributed by atoms with van der Waals surface area (Å²) < 4.78 is 6.04. The Kier molecular flexibility index (Phi) is 6.56. The fourth-order valence-corrected chi connectivity index (χ4v) is 3.14. The van der Waals surface area contributed by atoms with Crippen molar-refractivity contribution in [1.82, 2.24) is 5.32 Å². The summed E-state index contributed by atoms with van der Waals surface area (Å²) in [5, 5.41) is 3.69. The first kappa shape index (κ1) is 16.4. The normalized spacial score (nSPS) is 17.8. The molecule has 21 heavy (non-hydrogen) atoms. The summed E-state index contributed by atoms with van der Waals surface area (Å²) >= 11 is 0. The van der Waals surface area contributed by atoms with Gasteiger partial charge in [0.25, 0.3) is 0 Å². The van der Waals surface area contributed by atoms with Crippen molar-refractivity contribution in [2.45, 2.75) is 65.3 Å². The van der Waals surface area contributed by atoms with Crippen molar-refractivity contribution >= 4 is 0 Å². The zero-order chi connectivity index (χ0) is 15.1. The Balaban J connectivity index is 2.05. The third-order valence-corrected chi connectivity index (χ3v) is 4.71. The number of rotatable bonds is 8. The van der Waals surface area contributed by atoms with Crippen LogP contribution in [0.15, 0.2) is 18.2 Å². The van der Waals surface area contributed by atoms with Gasteiger partial charge in [0.05, 0.1) is 6.61 Å². The average molecular weight is 289 g/mol. The predicted molar refractivity (Wildman–Crippen MR) is 90.0 cm³/mol. The van der Waals surface area contributed by atoms with Gasteiger partial charge in [0.2, 0.25) is 0 Å². The van der Waals surface area contributed by atoms with Crippen molar-refractivity contribution in [3.63, 3.8) is 0 Å².